The molecule has 1 aliphatic heterocycles. The van der Waals surface area contributed by atoms with Crippen LogP contribution in [-0.2, 0) is 10.0 Å². The highest BCUT2D eigenvalue weighted by molar-refractivity contribution is 7.99. The molecule has 0 saturated carbocycles. The molecule has 0 aliphatic carbocycles. The van der Waals surface area contributed by atoms with Crippen LogP contribution in [0.1, 0.15) is 26.7 Å². The summed E-state index contributed by atoms with van der Waals surface area (Å²) in [6.07, 6.45) is 2.24. The standard InChI is InChI=1S/C9H19NO2S2/c1-9(2,7-14(10,11)12)8-3-5-13-6-4-8/h8H,3-7H2,1-2H3,(H2,10,11,12). The molecule has 0 aromatic heterocycles. The molecule has 1 heterocycles. The maximum absolute atomic E-state index is 11.1. The van der Waals surface area contributed by atoms with Gasteiger partial charge in [-0.2, -0.15) is 11.8 Å². The monoisotopic (exact) mass is 237 g/mol. The normalized spacial score (nSPS) is 21.1. The summed E-state index contributed by atoms with van der Waals surface area (Å²) in [5.74, 6) is 2.91. The van der Waals surface area contributed by atoms with Crippen molar-refractivity contribution in [3.8, 4) is 0 Å². The van der Waals surface area contributed by atoms with Crippen molar-refractivity contribution in [3.05, 3.63) is 0 Å². The van der Waals surface area contributed by atoms with Gasteiger partial charge < -0.3 is 0 Å². The van der Waals surface area contributed by atoms with E-state index in [4.69, 9.17) is 5.14 Å². The number of sulfonamides is 1. The predicted molar refractivity (Wildman–Crippen MR) is 61.8 cm³/mol. The van der Waals surface area contributed by atoms with Gasteiger partial charge in [-0.15, -0.1) is 0 Å². The van der Waals surface area contributed by atoms with Crippen LogP contribution in [0.2, 0.25) is 0 Å². The fourth-order valence-electron chi connectivity index (χ4n) is 2.12. The second-order valence-electron chi connectivity index (χ2n) is 4.68. The Morgan fingerprint density at radius 2 is 1.86 bits per heavy atom. The predicted octanol–water partition coefficient (Wildman–Crippen LogP) is 1.44. The van der Waals surface area contributed by atoms with Crippen molar-refractivity contribution in [2.45, 2.75) is 26.7 Å². The molecule has 0 aromatic carbocycles. The van der Waals surface area contributed by atoms with Crippen LogP contribution >= 0.6 is 11.8 Å². The van der Waals surface area contributed by atoms with Crippen molar-refractivity contribution in [2.24, 2.45) is 16.5 Å². The van der Waals surface area contributed by atoms with Crippen molar-refractivity contribution in [1.29, 1.82) is 0 Å². The number of primary sulfonamides is 1. The molecule has 1 aliphatic rings. The van der Waals surface area contributed by atoms with E-state index in [9.17, 15) is 8.42 Å². The fourth-order valence-corrected chi connectivity index (χ4v) is 4.49. The van der Waals surface area contributed by atoms with Gasteiger partial charge in [0.15, 0.2) is 0 Å². The highest BCUT2D eigenvalue weighted by Gasteiger charge is 2.33. The molecule has 0 aromatic rings. The first-order valence-electron chi connectivity index (χ1n) is 4.89. The average Bonchev–Trinajstić information content (AvgIpc) is 2.01. The van der Waals surface area contributed by atoms with E-state index in [2.05, 4.69) is 0 Å². The zero-order valence-electron chi connectivity index (χ0n) is 8.82. The molecule has 2 N–H and O–H groups in total. The highest BCUT2D eigenvalue weighted by atomic mass is 32.2. The van der Waals surface area contributed by atoms with Gasteiger partial charge in [0.05, 0.1) is 5.75 Å². The summed E-state index contributed by atoms with van der Waals surface area (Å²) in [7, 11) is -3.34. The van der Waals surface area contributed by atoms with Crippen LogP contribution in [0.25, 0.3) is 0 Å². The lowest BCUT2D eigenvalue weighted by molar-refractivity contribution is 0.228. The molecule has 0 unspecified atom stereocenters. The van der Waals surface area contributed by atoms with Gasteiger partial charge in [-0.3, -0.25) is 0 Å². The molecular weight excluding hydrogens is 218 g/mol. The summed E-state index contributed by atoms with van der Waals surface area (Å²) < 4.78 is 22.1. The molecule has 0 amide bonds. The minimum absolute atomic E-state index is 0.106. The molecule has 0 spiro atoms. The number of nitrogens with two attached hydrogens (primary N) is 1. The molecule has 0 radical (unpaired) electrons. The largest absolute Gasteiger partial charge is 0.229 e. The van der Waals surface area contributed by atoms with Crippen molar-refractivity contribution in [3.63, 3.8) is 0 Å². The van der Waals surface area contributed by atoms with Crippen LogP contribution in [-0.4, -0.2) is 25.7 Å². The maximum Gasteiger partial charge on any atom is 0.209 e. The van der Waals surface area contributed by atoms with E-state index in [1.807, 2.05) is 25.6 Å². The number of hydrogen-bond acceptors (Lipinski definition) is 3. The minimum Gasteiger partial charge on any atom is -0.229 e. The Labute approximate surface area is 90.9 Å². The number of hydrogen-bond donors (Lipinski definition) is 1. The molecule has 84 valence electrons. The van der Waals surface area contributed by atoms with E-state index < -0.39 is 10.0 Å². The van der Waals surface area contributed by atoms with Gasteiger partial charge in [-0.05, 0) is 35.7 Å². The third-order valence-corrected chi connectivity index (χ3v) is 5.09. The summed E-state index contributed by atoms with van der Waals surface area (Å²) in [5.41, 5.74) is -0.172. The van der Waals surface area contributed by atoms with Gasteiger partial charge in [-0.25, -0.2) is 13.6 Å². The van der Waals surface area contributed by atoms with Gasteiger partial charge >= 0.3 is 0 Å². The third kappa shape index (κ3) is 3.79. The average molecular weight is 237 g/mol. The first-order valence-corrected chi connectivity index (χ1v) is 7.76. The molecule has 1 saturated heterocycles. The maximum atomic E-state index is 11.1. The van der Waals surface area contributed by atoms with Crippen molar-refractivity contribution >= 4 is 21.8 Å². The zero-order valence-corrected chi connectivity index (χ0v) is 10.5. The summed E-state index contributed by atoms with van der Waals surface area (Å²) in [6, 6.07) is 0. The topological polar surface area (TPSA) is 60.2 Å². The van der Waals surface area contributed by atoms with Crippen LogP contribution in [0.15, 0.2) is 0 Å². The van der Waals surface area contributed by atoms with Gasteiger partial charge in [-0.1, -0.05) is 13.8 Å². The van der Waals surface area contributed by atoms with E-state index in [-0.39, 0.29) is 11.2 Å². The van der Waals surface area contributed by atoms with Crippen LogP contribution in [0.4, 0.5) is 0 Å². The van der Waals surface area contributed by atoms with Crippen molar-refractivity contribution in [2.75, 3.05) is 17.3 Å². The Hall–Kier alpha value is 0.260. The quantitative estimate of drug-likeness (QED) is 0.808. The summed E-state index contributed by atoms with van der Waals surface area (Å²) in [5, 5.41) is 5.10. The highest BCUT2D eigenvalue weighted by Crippen LogP contribution is 2.37. The summed E-state index contributed by atoms with van der Waals surface area (Å²) >= 11 is 1.95. The summed E-state index contributed by atoms with van der Waals surface area (Å²) in [6.45, 7) is 4.02. The SMILES string of the molecule is CC(C)(CS(N)(=O)=O)C1CCSCC1. The Bertz CT molecular complexity index is 279. The smallest absolute Gasteiger partial charge is 0.209 e. The Morgan fingerprint density at radius 1 is 1.36 bits per heavy atom. The molecule has 14 heavy (non-hydrogen) atoms. The van der Waals surface area contributed by atoms with Crippen LogP contribution < -0.4 is 5.14 Å². The molecule has 0 bridgehead atoms. The van der Waals surface area contributed by atoms with Gasteiger partial charge in [0.1, 0.15) is 0 Å². The Balaban J connectivity index is 2.63. The van der Waals surface area contributed by atoms with E-state index in [0.717, 1.165) is 24.3 Å². The third-order valence-electron chi connectivity index (χ3n) is 2.90. The number of rotatable bonds is 3. The lowest BCUT2D eigenvalue weighted by Gasteiger charge is -2.36. The Kier molecular flexibility index (Phi) is 3.88. The lowest BCUT2D eigenvalue weighted by Crippen LogP contribution is -2.36. The lowest BCUT2D eigenvalue weighted by atomic mass is 9.77. The van der Waals surface area contributed by atoms with Crippen LogP contribution in [0, 0.1) is 11.3 Å². The van der Waals surface area contributed by atoms with E-state index in [0.29, 0.717) is 5.92 Å². The van der Waals surface area contributed by atoms with Gasteiger partial charge in [0, 0.05) is 0 Å². The molecule has 3 nitrogen and oxygen atoms in total. The molecular formula is C9H19NO2S2. The van der Waals surface area contributed by atoms with Gasteiger partial charge in [0.2, 0.25) is 10.0 Å². The van der Waals surface area contributed by atoms with E-state index >= 15 is 0 Å². The second kappa shape index (κ2) is 4.41. The summed E-state index contributed by atoms with van der Waals surface area (Å²) in [4.78, 5) is 0. The molecule has 1 rings (SSSR count). The van der Waals surface area contributed by atoms with E-state index in [1.165, 1.54) is 0 Å². The van der Waals surface area contributed by atoms with Crippen LogP contribution in [0.5, 0.6) is 0 Å². The van der Waals surface area contributed by atoms with E-state index in [1.54, 1.807) is 0 Å². The molecule has 1 fully saturated rings. The Morgan fingerprint density at radius 3 is 2.29 bits per heavy atom. The molecule has 5 heteroatoms. The zero-order chi connectivity index (χ0) is 10.8. The minimum atomic E-state index is -3.34. The first kappa shape index (κ1) is 12.3. The van der Waals surface area contributed by atoms with Gasteiger partial charge in [0.25, 0.3) is 0 Å². The first-order chi connectivity index (χ1) is 6.31. The van der Waals surface area contributed by atoms with Crippen molar-refractivity contribution in [1.82, 2.24) is 0 Å². The number of thioether (sulfide) groups is 1. The van der Waals surface area contributed by atoms with Crippen molar-refractivity contribution < 1.29 is 8.42 Å². The second-order valence-corrected chi connectivity index (χ2v) is 7.52. The van der Waals surface area contributed by atoms with Crippen LogP contribution in [0.3, 0.4) is 0 Å². The fraction of sp³-hybridized carbons (Fsp3) is 1.00. The molecule has 0 atom stereocenters.